The van der Waals surface area contributed by atoms with Crippen LogP contribution in [0.2, 0.25) is 0 Å². The molecule has 5 aliphatic heterocycles. The van der Waals surface area contributed by atoms with Crippen molar-refractivity contribution >= 4 is 0 Å². The van der Waals surface area contributed by atoms with Crippen molar-refractivity contribution in [1.29, 1.82) is 0 Å². The molecule has 4 bridgehead atoms. The minimum absolute atomic E-state index is 0.0266. The zero-order chi connectivity index (χ0) is 39.0. The molecule has 2 spiro atoms. The molecule has 10 nitrogen and oxygen atoms in total. The molecular formula is C48H50O10. The van der Waals surface area contributed by atoms with Gasteiger partial charge in [-0.05, 0) is 33.4 Å². The Bertz CT molecular complexity index is 1860. The second-order valence-corrected chi connectivity index (χ2v) is 15.3. The lowest BCUT2D eigenvalue weighted by Gasteiger charge is -2.46. The second-order valence-electron chi connectivity index (χ2n) is 15.3. The summed E-state index contributed by atoms with van der Waals surface area (Å²) >= 11 is 0. The minimum Gasteiger partial charge on any atom is -0.374 e. The van der Waals surface area contributed by atoms with Gasteiger partial charge in [0.2, 0.25) is 11.6 Å². The van der Waals surface area contributed by atoms with E-state index in [1.807, 2.05) is 133 Å². The maximum absolute atomic E-state index is 6.97. The Morgan fingerprint density at radius 3 is 1.09 bits per heavy atom. The number of hydrogen-bond donors (Lipinski definition) is 0. The van der Waals surface area contributed by atoms with Crippen LogP contribution in [0.5, 0.6) is 0 Å². The Kier molecular flexibility index (Phi) is 12.4. The van der Waals surface area contributed by atoms with E-state index in [1.165, 1.54) is 0 Å². The van der Waals surface area contributed by atoms with E-state index >= 15 is 0 Å². The van der Waals surface area contributed by atoms with E-state index in [0.717, 1.165) is 33.4 Å². The van der Waals surface area contributed by atoms with Crippen LogP contribution in [-0.2, 0) is 87.0 Å². The molecule has 10 heteroatoms. The summed E-state index contributed by atoms with van der Waals surface area (Å²) in [7, 11) is 0. The molecule has 0 aliphatic carbocycles. The summed E-state index contributed by atoms with van der Waals surface area (Å²) in [5.41, 5.74) is 6.12. The van der Waals surface area contributed by atoms with Crippen LogP contribution in [0, 0.1) is 0 Å². The van der Waals surface area contributed by atoms with Crippen LogP contribution in [0.3, 0.4) is 0 Å². The first-order valence-electron chi connectivity index (χ1n) is 20.1. The molecule has 58 heavy (non-hydrogen) atoms. The van der Waals surface area contributed by atoms with Crippen molar-refractivity contribution in [3.63, 3.8) is 0 Å². The molecule has 0 saturated carbocycles. The predicted molar refractivity (Wildman–Crippen MR) is 213 cm³/mol. The molecule has 0 N–H and O–H groups in total. The van der Waals surface area contributed by atoms with E-state index in [4.69, 9.17) is 47.4 Å². The minimum atomic E-state index is -1.35. The topological polar surface area (TPSA) is 92.3 Å². The lowest BCUT2D eigenvalue weighted by atomic mass is 10.0. The normalized spacial score (nSPS) is 29.6. The van der Waals surface area contributed by atoms with Crippen LogP contribution in [0.25, 0.3) is 0 Å². The van der Waals surface area contributed by atoms with Crippen LogP contribution >= 0.6 is 0 Å². The summed E-state index contributed by atoms with van der Waals surface area (Å²) in [6.45, 7) is 2.42. The van der Waals surface area contributed by atoms with Gasteiger partial charge >= 0.3 is 0 Å². The molecule has 5 aromatic carbocycles. The number of rotatable bonds is 12. The van der Waals surface area contributed by atoms with E-state index in [2.05, 4.69) is 12.1 Å². The quantitative estimate of drug-likeness (QED) is 0.128. The second kappa shape index (κ2) is 18.3. The Morgan fingerprint density at radius 1 is 0.414 bits per heavy atom. The van der Waals surface area contributed by atoms with Crippen molar-refractivity contribution in [2.75, 3.05) is 26.4 Å². The van der Waals surface area contributed by atoms with Gasteiger partial charge < -0.3 is 47.4 Å². The molecule has 0 aromatic heterocycles. The third kappa shape index (κ3) is 8.83. The average molecular weight is 787 g/mol. The van der Waals surface area contributed by atoms with E-state index in [9.17, 15) is 0 Å². The molecule has 5 aliphatic rings. The van der Waals surface area contributed by atoms with Gasteiger partial charge in [0.25, 0.3) is 0 Å². The summed E-state index contributed by atoms with van der Waals surface area (Å²) < 4.78 is 67.9. The number of fused-ring (bicyclic) bond motifs is 6. The first kappa shape index (κ1) is 39.2. The Labute approximate surface area is 339 Å². The summed E-state index contributed by atoms with van der Waals surface area (Å²) in [5.74, 6) is -2.71. The van der Waals surface area contributed by atoms with Gasteiger partial charge in [-0.1, -0.05) is 146 Å². The molecule has 8 atom stereocenters. The van der Waals surface area contributed by atoms with E-state index in [0.29, 0.717) is 39.6 Å². The van der Waals surface area contributed by atoms with E-state index in [-0.39, 0.29) is 26.4 Å². The highest BCUT2D eigenvalue weighted by Crippen LogP contribution is 2.47. The zero-order valence-corrected chi connectivity index (χ0v) is 32.5. The molecule has 10 rings (SSSR count). The van der Waals surface area contributed by atoms with Gasteiger partial charge in [0.1, 0.15) is 49.8 Å². The van der Waals surface area contributed by atoms with E-state index < -0.39 is 48.2 Å². The van der Waals surface area contributed by atoms with Crippen LogP contribution < -0.4 is 0 Å². The van der Waals surface area contributed by atoms with Crippen LogP contribution in [0.15, 0.2) is 146 Å². The lowest BCUT2D eigenvalue weighted by Crippen LogP contribution is -2.63. The van der Waals surface area contributed by atoms with E-state index in [1.54, 1.807) is 0 Å². The third-order valence-electron chi connectivity index (χ3n) is 11.2. The fourth-order valence-electron chi connectivity index (χ4n) is 8.22. The van der Waals surface area contributed by atoms with Crippen LogP contribution in [0.4, 0.5) is 0 Å². The number of hydrogen-bond acceptors (Lipinski definition) is 10. The van der Waals surface area contributed by atoms with Crippen molar-refractivity contribution in [2.24, 2.45) is 0 Å². The van der Waals surface area contributed by atoms with Crippen molar-refractivity contribution in [3.05, 3.63) is 179 Å². The molecule has 5 aromatic rings. The lowest BCUT2D eigenvalue weighted by molar-refractivity contribution is -0.406. The fraction of sp³-hybridized carbons (Fsp3) is 0.375. The van der Waals surface area contributed by atoms with Gasteiger partial charge in [-0.3, -0.25) is 0 Å². The average Bonchev–Trinajstić information content (AvgIpc) is 3.72. The highest BCUT2D eigenvalue weighted by Gasteiger charge is 2.67. The Morgan fingerprint density at radius 2 is 0.741 bits per heavy atom. The summed E-state index contributed by atoms with van der Waals surface area (Å²) in [6, 6.07) is 48.4. The van der Waals surface area contributed by atoms with Crippen molar-refractivity contribution in [2.45, 2.75) is 87.8 Å². The van der Waals surface area contributed by atoms with Crippen molar-refractivity contribution in [3.8, 4) is 0 Å². The molecule has 0 radical (unpaired) electrons. The predicted octanol–water partition coefficient (Wildman–Crippen LogP) is 7.31. The first-order chi connectivity index (χ1) is 28.7. The largest absolute Gasteiger partial charge is 0.374 e. The van der Waals surface area contributed by atoms with Gasteiger partial charge in [-0.25, -0.2) is 0 Å². The molecule has 0 amide bonds. The highest BCUT2D eigenvalue weighted by molar-refractivity contribution is 5.26. The van der Waals surface area contributed by atoms with Crippen molar-refractivity contribution in [1.82, 2.24) is 0 Å². The molecular weight excluding hydrogens is 737 g/mol. The molecule has 5 heterocycles. The maximum atomic E-state index is 6.97. The fourth-order valence-corrected chi connectivity index (χ4v) is 8.22. The third-order valence-corrected chi connectivity index (χ3v) is 11.2. The SMILES string of the molecule is c1ccc(CO[C@@H]2[C@H]3COCc4ccccc4COC[C@H]4O[C@]5(CO[C@@](CO5)(O3)[C@H]2OCc2ccccc2)[C@@H](OCc2ccccc2)[C@@H]4OCc2ccccc2)cc1. The maximum Gasteiger partial charge on any atom is 0.222 e. The monoisotopic (exact) mass is 786 g/mol. The molecule has 302 valence electrons. The van der Waals surface area contributed by atoms with Gasteiger partial charge in [0.15, 0.2) is 0 Å². The Hall–Kier alpha value is -4.30. The number of ether oxygens (including phenoxy) is 10. The standard InChI is InChI=1S/C48H50O10/c1-5-15-35(16-6-1)25-51-43-41-31-49-29-39-23-13-14-24-40(39)30-50-32-42-44(52-26-36-17-7-2-8-18-36)46(54-28-38-21-11-4-12-22-38)48(58-42)34-55-47(57-41,33-56-48)45(43)53-27-37-19-9-3-10-20-37/h1-24,41-46H,25-34H2/t41-,42-,43-,44-,45+,46+,47-,48+/m1/s1. The van der Waals surface area contributed by atoms with Gasteiger partial charge in [0, 0.05) is 0 Å². The van der Waals surface area contributed by atoms with Gasteiger partial charge in [-0.15, -0.1) is 0 Å². The smallest absolute Gasteiger partial charge is 0.222 e. The summed E-state index contributed by atoms with van der Waals surface area (Å²) in [6.07, 6.45) is -3.63. The van der Waals surface area contributed by atoms with Crippen LogP contribution in [0.1, 0.15) is 33.4 Å². The number of benzene rings is 5. The van der Waals surface area contributed by atoms with Crippen molar-refractivity contribution < 1.29 is 47.4 Å². The zero-order valence-electron chi connectivity index (χ0n) is 32.5. The van der Waals surface area contributed by atoms with Crippen LogP contribution in [-0.4, -0.2) is 74.6 Å². The summed E-state index contributed by atoms with van der Waals surface area (Å²) in [4.78, 5) is 0. The Balaban J connectivity index is 1.07. The molecule has 3 saturated heterocycles. The highest BCUT2D eigenvalue weighted by atomic mass is 16.8. The molecule has 3 fully saturated rings. The summed E-state index contributed by atoms with van der Waals surface area (Å²) in [5, 5.41) is 0. The van der Waals surface area contributed by atoms with Gasteiger partial charge in [0.05, 0.1) is 52.9 Å². The molecule has 0 unspecified atom stereocenters. The first-order valence-corrected chi connectivity index (χ1v) is 20.1. The van der Waals surface area contributed by atoms with Gasteiger partial charge in [-0.2, -0.15) is 0 Å².